The maximum Gasteiger partial charge on any atom is 0.416 e. The van der Waals surface area contributed by atoms with E-state index in [0.29, 0.717) is 30.3 Å². The second-order valence-electron chi connectivity index (χ2n) is 6.69. The van der Waals surface area contributed by atoms with E-state index in [1.807, 2.05) is 0 Å². The molecule has 1 N–H and O–H groups in total. The van der Waals surface area contributed by atoms with Crippen LogP contribution in [0.5, 0.6) is 0 Å². The number of hydrogen-bond donors (Lipinski definition) is 1. The molecular formula is C18H19F3N2O3. The zero-order valence-corrected chi connectivity index (χ0v) is 14.4. The zero-order valence-electron chi connectivity index (χ0n) is 14.4. The third-order valence-corrected chi connectivity index (χ3v) is 5.16. The summed E-state index contributed by atoms with van der Waals surface area (Å²) in [4.78, 5) is 25.8. The third kappa shape index (κ3) is 3.04. The Labute approximate surface area is 148 Å². The molecule has 1 fully saturated rings. The van der Waals surface area contributed by atoms with E-state index < -0.39 is 29.7 Å². The largest absolute Gasteiger partial charge is 0.481 e. The molecule has 0 bridgehead atoms. The van der Waals surface area contributed by atoms with Crippen LogP contribution in [-0.4, -0.2) is 39.0 Å². The molecule has 1 amide bonds. The molecule has 0 saturated carbocycles. The van der Waals surface area contributed by atoms with Crippen LogP contribution in [0.15, 0.2) is 24.3 Å². The first-order valence-corrected chi connectivity index (χ1v) is 8.31. The van der Waals surface area contributed by atoms with E-state index in [4.69, 9.17) is 0 Å². The molecule has 1 aliphatic rings. The van der Waals surface area contributed by atoms with E-state index in [9.17, 15) is 27.9 Å². The van der Waals surface area contributed by atoms with Gasteiger partial charge in [-0.15, -0.1) is 0 Å². The first kappa shape index (κ1) is 18.3. The molecule has 2 atom stereocenters. The van der Waals surface area contributed by atoms with E-state index >= 15 is 0 Å². The smallest absolute Gasteiger partial charge is 0.416 e. The highest BCUT2D eigenvalue weighted by Gasteiger charge is 2.36. The van der Waals surface area contributed by atoms with Crippen LogP contribution in [0.25, 0.3) is 10.9 Å². The molecule has 1 aromatic carbocycles. The quantitative estimate of drug-likeness (QED) is 0.882. The van der Waals surface area contributed by atoms with Crippen molar-refractivity contribution in [2.75, 3.05) is 6.54 Å². The second-order valence-corrected chi connectivity index (χ2v) is 6.69. The minimum atomic E-state index is -4.45. The fourth-order valence-electron chi connectivity index (χ4n) is 3.64. The molecule has 2 aromatic rings. The topological polar surface area (TPSA) is 62.5 Å². The highest BCUT2D eigenvalue weighted by molar-refractivity contribution is 5.99. The zero-order chi connectivity index (χ0) is 19.2. The third-order valence-electron chi connectivity index (χ3n) is 5.16. The number of piperidine rings is 1. The van der Waals surface area contributed by atoms with Crippen LogP contribution in [-0.2, 0) is 18.0 Å². The Bertz CT molecular complexity index is 872. The average Bonchev–Trinajstić information content (AvgIpc) is 2.90. The van der Waals surface area contributed by atoms with Crippen molar-refractivity contribution >= 4 is 22.8 Å². The molecule has 0 radical (unpaired) electrons. The number of aliphatic carboxylic acids is 1. The van der Waals surface area contributed by atoms with E-state index in [-0.39, 0.29) is 11.6 Å². The first-order chi connectivity index (χ1) is 12.1. The maximum absolute atomic E-state index is 12.9. The predicted molar refractivity (Wildman–Crippen MR) is 88.8 cm³/mol. The summed E-state index contributed by atoms with van der Waals surface area (Å²) in [5, 5.41) is 9.63. The molecule has 0 unspecified atom stereocenters. The summed E-state index contributed by atoms with van der Waals surface area (Å²) in [7, 11) is 1.62. The van der Waals surface area contributed by atoms with Gasteiger partial charge in [-0.2, -0.15) is 13.2 Å². The number of likely N-dealkylation sites (tertiary alicyclic amines) is 1. The van der Waals surface area contributed by atoms with Crippen LogP contribution in [0.4, 0.5) is 13.2 Å². The normalized spacial score (nSPS) is 21.2. The van der Waals surface area contributed by atoms with Crippen LogP contribution in [0.1, 0.15) is 35.8 Å². The van der Waals surface area contributed by atoms with Crippen LogP contribution < -0.4 is 0 Å². The standard InChI is InChI=1S/C18H19F3N2O3/c1-10-13(17(25)26)4-3-7-23(10)16(24)15-9-11-8-12(18(19,20)21)5-6-14(11)22(15)2/h5-6,8-10,13H,3-4,7H2,1-2H3,(H,25,26)/t10-,13-/m1/s1. The summed E-state index contributed by atoms with van der Waals surface area (Å²) in [5.74, 6) is -1.95. The van der Waals surface area contributed by atoms with Crippen molar-refractivity contribution in [1.29, 1.82) is 0 Å². The van der Waals surface area contributed by atoms with E-state index in [1.54, 1.807) is 18.5 Å². The number of amides is 1. The van der Waals surface area contributed by atoms with Gasteiger partial charge in [0.2, 0.25) is 0 Å². The second kappa shape index (κ2) is 6.34. The van der Waals surface area contributed by atoms with Crippen molar-refractivity contribution < 1.29 is 27.9 Å². The SMILES string of the molecule is C[C@@H]1[C@H](C(=O)O)CCCN1C(=O)c1cc2cc(C(F)(F)F)ccc2n1C. The molecule has 0 aliphatic carbocycles. The number of rotatable bonds is 2. The lowest BCUT2D eigenvalue weighted by Crippen LogP contribution is -2.49. The van der Waals surface area contributed by atoms with Crippen molar-refractivity contribution in [2.45, 2.75) is 32.0 Å². The lowest BCUT2D eigenvalue weighted by Gasteiger charge is -2.37. The molecular weight excluding hydrogens is 349 g/mol. The summed E-state index contributed by atoms with van der Waals surface area (Å²) < 4.78 is 40.3. The lowest BCUT2D eigenvalue weighted by atomic mass is 9.90. The van der Waals surface area contributed by atoms with E-state index in [0.717, 1.165) is 12.1 Å². The molecule has 1 aliphatic heterocycles. The Hall–Kier alpha value is -2.51. The summed E-state index contributed by atoms with van der Waals surface area (Å²) in [6.45, 7) is 2.12. The summed E-state index contributed by atoms with van der Waals surface area (Å²) in [6.07, 6.45) is -3.37. The van der Waals surface area contributed by atoms with Gasteiger partial charge in [0.05, 0.1) is 11.5 Å². The van der Waals surface area contributed by atoms with Gasteiger partial charge in [0, 0.05) is 30.5 Å². The number of carboxylic acids is 1. The van der Waals surface area contributed by atoms with Crippen LogP contribution in [0, 0.1) is 5.92 Å². The Kier molecular flexibility index (Phi) is 4.46. The van der Waals surface area contributed by atoms with Gasteiger partial charge in [-0.05, 0) is 44.0 Å². The number of carboxylic acid groups (broad SMARTS) is 1. The Morgan fingerprint density at radius 2 is 1.92 bits per heavy atom. The van der Waals surface area contributed by atoms with Crippen molar-refractivity contribution in [3.8, 4) is 0 Å². The number of carbonyl (C=O) groups excluding carboxylic acids is 1. The predicted octanol–water partition coefficient (Wildman–Crippen LogP) is 3.52. The van der Waals surface area contributed by atoms with Crippen LogP contribution in [0.3, 0.4) is 0 Å². The van der Waals surface area contributed by atoms with Gasteiger partial charge in [-0.1, -0.05) is 0 Å². The van der Waals surface area contributed by atoms with Crippen LogP contribution in [0.2, 0.25) is 0 Å². The monoisotopic (exact) mass is 368 g/mol. The van der Waals surface area contributed by atoms with Gasteiger partial charge in [-0.3, -0.25) is 9.59 Å². The van der Waals surface area contributed by atoms with Gasteiger partial charge in [0.1, 0.15) is 5.69 Å². The Morgan fingerprint density at radius 1 is 1.23 bits per heavy atom. The molecule has 1 saturated heterocycles. The molecule has 140 valence electrons. The number of alkyl halides is 3. The maximum atomic E-state index is 12.9. The van der Waals surface area contributed by atoms with Crippen molar-refractivity contribution in [2.24, 2.45) is 13.0 Å². The molecule has 26 heavy (non-hydrogen) atoms. The summed E-state index contributed by atoms with van der Waals surface area (Å²) in [6, 6.07) is 4.31. The van der Waals surface area contributed by atoms with Gasteiger partial charge in [0.25, 0.3) is 5.91 Å². The molecule has 3 rings (SSSR count). The molecule has 5 nitrogen and oxygen atoms in total. The van der Waals surface area contributed by atoms with Crippen molar-refractivity contribution in [3.63, 3.8) is 0 Å². The fourth-order valence-corrected chi connectivity index (χ4v) is 3.64. The lowest BCUT2D eigenvalue weighted by molar-refractivity contribution is -0.145. The molecule has 8 heteroatoms. The average molecular weight is 368 g/mol. The number of aryl methyl sites for hydroxylation is 1. The minimum absolute atomic E-state index is 0.247. The fraction of sp³-hybridized carbons (Fsp3) is 0.444. The Morgan fingerprint density at radius 3 is 2.54 bits per heavy atom. The number of nitrogens with zero attached hydrogens (tertiary/aromatic N) is 2. The molecule has 2 heterocycles. The highest BCUT2D eigenvalue weighted by Crippen LogP contribution is 2.33. The van der Waals surface area contributed by atoms with E-state index in [2.05, 4.69) is 0 Å². The minimum Gasteiger partial charge on any atom is -0.481 e. The van der Waals surface area contributed by atoms with Crippen LogP contribution >= 0.6 is 0 Å². The van der Waals surface area contributed by atoms with Crippen molar-refractivity contribution in [1.82, 2.24) is 9.47 Å². The highest BCUT2D eigenvalue weighted by atomic mass is 19.4. The number of benzene rings is 1. The van der Waals surface area contributed by atoms with Gasteiger partial charge >= 0.3 is 12.1 Å². The number of aromatic nitrogens is 1. The van der Waals surface area contributed by atoms with Gasteiger partial charge in [0.15, 0.2) is 0 Å². The van der Waals surface area contributed by atoms with Gasteiger partial charge in [-0.25, -0.2) is 0 Å². The summed E-state index contributed by atoms with van der Waals surface area (Å²) in [5.41, 5.74) is -0.00936. The van der Waals surface area contributed by atoms with Crippen molar-refractivity contribution in [3.05, 3.63) is 35.5 Å². The molecule has 0 spiro atoms. The number of hydrogen-bond acceptors (Lipinski definition) is 2. The number of halogens is 3. The molecule has 1 aromatic heterocycles. The Balaban J connectivity index is 1.98. The van der Waals surface area contributed by atoms with E-state index in [1.165, 1.54) is 17.0 Å². The number of carbonyl (C=O) groups is 2. The summed E-state index contributed by atoms with van der Waals surface area (Å²) >= 11 is 0. The van der Waals surface area contributed by atoms with Gasteiger partial charge < -0.3 is 14.6 Å². The number of fused-ring (bicyclic) bond motifs is 1. The first-order valence-electron chi connectivity index (χ1n) is 8.31.